The molecule has 1 nitrogen and oxygen atoms in total. The molecule has 0 bridgehead atoms. The van der Waals surface area contributed by atoms with Gasteiger partial charge in [0.2, 0.25) is 0 Å². The Morgan fingerprint density at radius 1 is 0.667 bits per heavy atom. The molecule has 104 valence electrons. The number of anilines is 1. The Morgan fingerprint density at radius 3 is 1.43 bits per heavy atom. The van der Waals surface area contributed by atoms with Crippen LogP contribution in [0.4, 0.5) is 5.69 Å². The van der Waals surface area contributed by atoms with Gasteiger partial charge in [-0.2, -0.15) is 0 Å². The fraction of sp³-hybridized carbons (Fsp3) is 0.200. The molecule has 0 heterocycles. The Kier molecular flexibility index (Phi) is 2.30. The van der Waals surface area contributed by atoms with E-state index in [1.54, 1.807) is 0 Å². The van der Waals surface area contributed by atoms with Crippen molar-refractivity contribution >= 4 is 38.0 Å². The molecule has 0 saturated carbocycles. The van der Waals surface area contributed by atoms with Gasteiger partial charge >= 0.3 is 0 Å². The fourth-order valence-corrected chi connectivity index (χ4v) is 3.29. The van der Waals surface area contributed by atoms with E-state index in [1.165, 1.54) is 37.9 Å². The van der Waals surface area contributed by atoms with E-state index >= 15 is 0 Å². The van der Waals surface area contributed by atoms with Crippen molar-refractivity contribution in [2.75, 3.05) is 5.73 Å². The second-order valence-electron chi connectivity index (χ2n) is 7.02. The Labute approximate surface area is 124 Å². The largest absolute Gasteiger partial charge is 0.399 e. The summed E-state index contributed by atoms with van der Waals surface area (Å²) in [6, 6.07) is 17.6. The lowest BCUT2D eigenvalue weighted by molar-refractivity contribution is 0.591. The van der Waals surface area contributed by atoms with Gasteiger partial charge in [0, 0.05) is 5.69 Å². The molecule has 0 aromatic heterocycles. The molecule has 0 aliphatic heterocycles. The van der Waals surface area contributed by atoms with E-state index in [0.29, 0.717) is 0 Å². The SMILES string of the molecule is CC(C)(C)c1cc2ccc3cc(N)cc4ccc(c1)c2c34. The van der Waals surface area contributed by atoms with Crippen LogP contribution in [0.1, 0.15) is 26.3 Å². The average Bonchev–Trinajstić information content (AvgIpc) is 2.42. The lowest BCUT2D eigenvalue weighted by Crippen LogP contribution is -2.10. The van der Waals surface area contributed by atoms with Gasteiger partial charge < -0.3 is 5.73 Å². The lowest BCUT2D eigenvalue weighted by Gasteiger charge is -2.21. The molecule has 4 aromatic rings. The van der Waals surface area contributed by atoms with E-state index in [2.05, 4.69) is 69.3 Å². The molecular weight excluding hydrogens is 254 g/mol. The maximum Gasteiger partial charge on any atom is 0.0326 e. The van der Waals surface area contributed by atoms with Crippen molar-refractivity contribution in [3.8, 4) is 0 Å². The molecule has 4 rings (SSSR count). The first-order valence-corrected chi connectivity index (χ1v) is 7.42. The Bertz CT molecular complexity index is 907. The maximum atomic E-state index is 6.01. The van der Waals surface area contributed by atoms with Crippen molar-refractivity contribution in [3.63, 3.8) is 0 Å². The second kappa shape index (κ2) is 3.88. The number of benzene rings is 4. The Morgan fingerprint density at radius 2 is 1.05 bits per heavy atom. The molecule has 0 saturated heterocycles. The standard InChI is InChI=1S/C20H19N/c1-20(2,3)16-8-12-4-6-14-10-17(21)11-15-7-5-13(9-16)18(12)19(14)15/h4-11H,21H2,1-3H3. The summed E-state index contributed by atoms with van der Waals surface area (Å²) >= 11 is 0. The van der Waals surface area contributed by atoms with E-state index in [1.807, 2.05) is 0 Å². The molecule has 0 spiro atoms. The summed E-state index contributed by atoms with van der Waals surface area (Å²) in [5.41, 5.74) is 8.39. The van der Waals surface area contributed by atoms with Crippen molar-refractivity contribution < 1.29 is 0 Å². The van der Waals surface area contributed by atoms with Crippen LogP contribution in [-0.2, 0) is 5.41 Å². The van der Waals surface area contributed by atoms with Crippen LogP contribution in [0.5, 0.6) is 0 Å². The first kappa shape index (κ1) is 12.5. The highest BCUT2D eigenvalue weighted by Gasteiger charge is 2.16. The molecule has 1 heteroatoms. The molecule has 0 aliphatic carbocycles. The molecule has 4 aromatic carbocycles. The minimum atomic E-state index is 0.162. The summed E-state index contributed by atoms with van der Waals surface area (Å²) in [6.07, 6.45) is 0. The number of rotatable bonds is 0. The van der Waals surface area contributed by atoms with Crippen LogP contribution < -0.4 is 5.73 Å². The molecule has 0 radical (unpaired) electrons. The number of hydrogen-bond acceptors (Lipinski definition) is 1. The normalized spacial score (nSPS) is 12.7. The predicted octanol–water partition coefficient (Wildman–Crippen LogP) is 5.46. The zero-order valence-corrected chi connectivity index (χ0v) is 12.7. The zero-order chi connectivity index (χ0) is 14.8. The molecule has 0 atom stereocenters. The van der Waals surface area contributed by atoms with Crippen LogP contribution in [0.25, 0.3) is 32.3 Å². The monoisotopic (exact) mass is 273 g/mol. The third-order valence-corrected chi connectivity index (χ3v) is 4.42. The number of hydrogen-bond donors (Lipinski definition) is 1. The van der Waals surface area contributed by atoms with Crippen molar-refractivity contribution in [2.45, 2.75) is 26.2 Å². The van der Waals surface area contributed by atoms with Crippen LogP contribution in [0.3, 0.4) is 0 Å². The van der Waals surface area contributed by atoms with Crippen LogP contribution in [0, 0.1) is 0 Å². The third kappa shape index (κ3) is 1.77. The van der Waals surface area contributed by atoms with Crippen LogP contribution in [0.15, 0.2) is 48.5 Å². The van der Waals surface area contributed by atoms with Crippen LogP contribution in [-0.4, -0.2) is 0 Å². The highest BCUT2D eigenvalue weighted by molar-refractivity contribution is 6.23. The van der Waals surface area contributed by atoms with Gasteiger partial charge in [0.05, 0.1) is 0 Å². The quantitative estimate of drug-likeness (QED) is 0.334. The van der Waals surface area contributed by atoms with Crippen molar-refractivity contribution in [1.29, 1.82) is 0 Å². The molecule has 0 aliphatic rings. The fourth-order valence-electron chi connectivity index (χ4n) is 3.29. The second-order valence-corrected chi connectivity index (χ2v) is 7.02. The summed E-state index contributed by atoms with van der Waals surface area (Å²) in [7, 11) is 0. The molecule has 2 N–H and O–H groups in total. The van der Waals surface area contributed by atoms with Gasteiger partial charge in [-0.3, -0.25) is 0 Å². The van der Waals surface area contributed by atoms with E-state index < -0.39 is 0 Å². The molecule has 0 unspecified atom stereocenters. The van der Waals surface area contributed by atoms with Crippen molar-refractivity contribution in [3.05, 3.63) is 54.1 Å². The molecular formula is C20H19N. The minimum Gasteiger partial charge on any atom is -0.399 e. The van der Waals surface area contributed by atoms with Gasteiger partial charge in [-0.1, -0.05) is 57.2 Å². The number of nitrogens with two attached hydrogens (primary N) is 1. The van der Waals surface area contributed by atoms with E-state index in [0.717, 1.165) is 5.69 Å². The van der Waals surface area contributed by atoms with E-state index in [4.69, 9.17) is 5.73 Å². The zero-order valence-electron chi connectivity index (χ0n) is 12.7. The summed E-state index contributed by atoms with van der Waals surface area (Å²) in [4.78, 5) is 0. The minimum absolute atomic E-state index is 0.162. The third-order valence-electron chi connectivity index (χ3n) is 4.42. The van der Waals surface area contributed by atoms with E-state index in [9.17, 15) is 0 Å². The molecule has 0 amide bonds. The highest BCUT2D eigenvalue weighted by atomic mass is 14.5. The lowest BCUT2D eigenvalue weighted by atomic mass is 9.83. The van der Waals surface area contributed by atoms with Crippen LogP contribution in [0.2, 0.25) is 0 Å². The summed E-state index contributed by atoms with van der Waals surface area (Å²) < 4.78 is 0. The van der Waals surface area contributed by atoms with Gasteiger partial charge in [-0.05, 0) is 55.4 Å². The molecule has 21 heavy (non-hydrogen) atoms. The predicted molar refractivity (Wildman–Crippen MR) is 93.3 cm³/mol. The van der Waals surface area contributed by atoms with Gasteiger partial charge in [0.15, 0.2) is 0 Å². The smallest absolute Gasteiger partial charge is 0.0326 e. The van der Waals surface area contributed by atoms with Crippen molar-refractivity contribution in [2.24, 2.45) is 0 Å². The maximum absolute atomic E-state index is 6.01. The van der Waals surface area contributed by atoms with Crippen LogP contribution >= 0.6 is 0 Å². The van der Waals surface area contributed by atoms with Crippen molar-refractivity contribution in [1.82, 2.24) is 0 Å². The Balaban J connectivity index is 2.23. The topological polar surface area (TPSA) is 26.0 Å². The van der Waals surface area contributed by atoms with Gasteiger partial charge in [-0.15, -0.1) is 0 Å². The first-order chi connectivity index (χ1) is 9.93. The van der Waals surface area contributed by atoms with E-state index in [-0.39, 0.29) is 5.41 Å². The summed E-state index contributed by atoms with van der Waals surface area (Å²) in [5, 5.41) is 7.79. The van der Waals surface area contributed by atoms with Gasteiger partial charge in [-0.25, -0.2) is 0 Å². The number of nitrogen functional groups attached to an aromatic ring is 1. The Hall–Kier alpha value is -2.28. The van der Waals surface area contributed by atoms with Gasteiger partial charge in [0.25, 0.3) is 0 Å². The van der Waals surface area contributed by atoms with Gasteiger partial charge in [0.1, 0.15) is 0 Å². The summed E-state index contributed by atoms with van der Waals surface area (Å²) in [5.74, 6) is 0. The summed E-state index contributed by atoms with van der Waals surface area (Å²) in [6.45, 7) is 6.79. The first-order valence-electron chi connectivity index (χ1n) is 7.42. The molecule has 0 fully saturated rings. The average molecular weight is 273 g/mol. The highest BCUT2D eigenvalue weighted by Crippen LogP contribution is 2.38.